The molecule has 10 heteroatoms. The van der Waals surface area contributed by atoms with Crippen LogP contribution < -0.4 is 15.4 Å². The summed E-state index contributed by atoms with van der Waals surface area (Å²) in [6, 6.07) is 5.18. The number of hydrogen-bond donors (Lipinski definition) is 4. The minimum Gasteiger partial charge on any atom is -0.495 e. The lowest BCUT2D eigenvalue weighted by Crippen LogP contribution is -2.31. The van der Waals surface area contributed by atoms with E-state index in [1.807, 2.05) is 0 Å². The molecule has 1 amide bonds. The van der Waals surface area contributed by atoms with Gasteiger partial charge in [-0.1, -0.05) is 25.4 Å². The first-order valence-corrected chi connectivity index (χ1v) is 9.15. The van der Waals surface area contributed by atoms with E-state index in [4.69, 9.17) is 36.1 Å². The predicted molar refractivity (Wildman–Crippen MR) is 107 cm³/mol. The summed E-state index contributed by atoms with van der Waals surface area (Å²) in [5.41, 5.74) is 0.667. The fourth-order valence-electron chi connectivity index (χ4n) is 2.12. The van der Waals surface area contributed by atoms with Gasteiger partial charge in [-0.2, -0.15) is 0 Å². The zero-order valence-electron chi connectivity index (χ0n) is 16.3. The number of rotatable bonds is 10. The Hall–Kier alpha value is -2.36. The number of methoxy groups -OCH3 is 1. The smallest absolute Gasteiger partial charge is 0.414 e. The Kier molecular flexibility index (Phi) is 13.4. The summed E-state index contributed by atoms with van der Waals surface area (Å²) in [6.07, 6.45) is 1.03. The molecule has 1 rings (SSSR count). The molecule has 0 bridgehead atoms. The summed E-state index contributed by atoms with van der Waals surface area (Å²) >= 11 is 6.02. The van der Waals surface area contributed by atoms with Crippen molar-refractivity contribution >= 4 is 35.1 Å². The molecule has 0 saturated heterocycles. The number of hydrogen-bond acceptors (Lipinski definition) is 6. The van der Waals surface area contributed by atoms with Crippen LogP contribution in [-0.4, -0.2) is 72.8 Å². The first-order valence-electron chi connectivity index (χ1n) is 8.77. The highest BCUT2D eigenvalue weighted by Gasteiger charge is 2.06. The maximum atomic E-state index is 11.8. The largest absolute Gasteiger partial charge is 0.495 e. The van der Waals surface area contributed by atoms with Gasteiger partial charge in [-0.25, -0.2) is 9.59 Å². The van der Waals surface area contributed by atoms with Crippen molar-refractivity contribution in [3.05, 3.63) is 23.2 Å². The molecular formula is C18H28ClN3O6. The number of carboxylic acid groups (broad SMARTS) is 2. The average Bonchev–Trinajstić information content (AvgIpc) is 2.65. The van der Waals surface area contributed by atoms with E-state index in [2.05, 4.69) is 29.4 Å². The van der Waals surface area contributed by atoms with Crippen molar-refractivity contribution in [2.24, 2.45) is 0 Å². The molecular weight excluding hydrogens is 390 g/mol. The van der Waals surface area contributed by atoms with E-state index in [1.54, 1.807) is 25.3 Å². The van der Waals surface area contributed by atoms with Crippen molar-refractivity contribution in [1.82, 2.24) is 10.2 Å². The summed E-state index contributed by atoms with van der Waals surface area (Å²) in [5.74, 6) is -3.14. The number of amides is 1. The molecule has 1 aromatic carbocycles. The molecule has 0 saturated carbocycles. The molecule has 0 aromatic heterocycles. The zero-order chi connectivity index (χ0) is 21.5. The van der Waals surface area contributed by atoms with E-state index in [0.717, 1.165) is 32.6 Å². The third-order valence-corrected chi connectivity index (χ3v) is 3.92. The van der Waals surface area contributed by atoms with Gasteiger partial charge in [0.2, 0.25) is 5.91 Å². The van der Waals surface area contributed by atoms with Crippen LogP contribution >= 0.6 is 11.6 Å². The summed E-state index contributed by atoms with van der Waals surface area (Å²) in [5, 5.41) is 21.2. The Balaban J connectivity index is 0.00000105. The molecule has 0 unspecified atom stereocenters. The van der Waals surface area contributed by atoms with Crippen LogP contribution in [0.25, 0.3) is 0 Å². The number of halogens is 1. The van der Waals surface area contributed by atoms with Crippen LogP contribution in [0.1, 0.15) is 20.3 Å². The number of nitrogens with zero attached hydrogens (tertiary/aromatic N) is 1. The van der Waals surface area contributed by atoms with Gasteiger partial charge in [-0.3, -0.25) is 4.79 Å². The Bertz CT molecular complexity index is 626. The molecule has 4 N–H and O–H groups in total. The van der Waals surface area contributed by atoms with Crippen LogP contribution in [-0.2, 0) is 14.4 Å². The Morgan fingerprint density at radius 1 is 1.14 bits per heavy atom. The molecule has 0 aliphatic heterocycles. The Labute approximate surface area is 169 Å². The van der Waals surface area contributed by atoms with Crippen LogP contribution in [0, 0.1) is 0 Å². The van der Waals surface area contributed by atoms with E-state index >= 15 is 0 Å². The number of carboxylic acids is 2. The van der Waals surface area contributed by atoms with E-state index in [0.29, 0.717) is 23.0 Å². The van der Waals surface area contributed by atoms with Crippen LogP contribution in [0.5, 0.6) is 5.75 Å². The SMILES string of the molecule is CCN(CC)CCCNCC(=O)Nc1ccc(OC)c(Cl)c1.O=C(O)C(=O)O. The highest BCUT2D eigenvalue weighted by Crippen LogP contribution is 2.27. The monoisotopic (exact) mass is 417 g/mol. The number of ether oxygens (including phenoxy) is 1. The number of carbonyl (C=O) groups is 3. The van der Waals surface area contributed by atoms with Gasteiger partial charge >= 0.3 is 11.9 Å². The molecule has 0 fully saturated rings. The van der Waals surface area contributed by atoms with E-state index in [-0.39, 0.29) is 5.91 Å². The molecule has 0 aliphatic carbocycles. The number of benzene rings is 1. The highest BCUT2D eigenvalue weighted by molar-refractivity contribution is 6.32. The second-order valence-electron chi connectivity index (χ2n) is 5.57. The van der Waals surface area contributed by atoms with Gasteiger partial charge < -0.3 is 30.5 Å². The van der Waals surface area contributed by atoms with Gasteiger partial charge in [0.1, 0.15) is 5.75 Å². The maximum Gasteiger partial charge on any atom is 0.414 e. The van der Waals surface area contributed by atoms with E-state index in [1.165, 1.54) is 0 Å². The minimum atomic E-state index is -1.82. The lowest BCUT2D eigenvalue weighted by Gasteiger charge is -2.17. The van der Waals surface area contributed by atoms with Gasteiger partial charge in [0.05, 0.1) is 18.7 Å². The standard InChI is InChI=1S/C16H26ClN3O2.C2H2O4/c1-4-20(5-2)10-6-9-18-12-16(21)19-13-7-8-15(22-3)14(17)11-13;3-1(4)2(5)6/h7-8,11,18H,4-6,9-10,12H2,1-3H3,(H,19,21);(H,3,4)(H,5,6). The van der Waals surface area contributed by atoms with Crippen molar-refractivity contribution < 1.29 is 29.3 Å². The lowest BCUT2D eigenvalue weighted by atomic mass is 10.3. The van der Waals surface area contributed by atoms with Gasteiger partial charge in [-0.15, -0.1) is 0 Å². The fourth-order valence-corrected chi connectivity index (χ4v) is 2.38. The molecule has 1 aromatic rings. The molecule has 0 radical (unpaired) electrons. The molecule has 0 atom stereocenters. The first kappa shape index (κ1) is 25.6. The normalized spacial score (nSPS) is 10.0. The van der Waals surface area contributed by atoms with Crippen molar-refractivity contribution in [3.63, 3.8) is 0 Å². The van der Waals surface area contributed by atoms with Crippen molar-refractivity contribution in [2.75, 3.05) is 45.2 Å². The van der Waals surface area contributed by atoms with E-state index in [9.17, 15) is 4.79 Å². The van der Waals surface area contributed by atoms with Gasteiger partial charge in [-0.05, 0) is 50.8 Å². The number of nitrogens with one attached hydrogen (secondary N) is 2. The van der Waals surface area contributed by atoms with E-state index < -0.39 is 11.9 Å². The number of anilines is 1. The fraction of sp³-hybridized carbons (Fsp3) is 0.500. The predicted octanol–water partition coefficient (Wildman–Crippen LogP) is 1.76. The summed E-state index contributed by atoms with van der Waals surface area (Å²) < 4.78 is 5.07. The quantitative estimate of drug-likeness (QED) is 0.335. The zero-order valence-corrected chi connectivity index (χ0v) is 17.1. The average molecular weight is 418 g/mol. The second kappa shape index (κ2) is 14.7. The third kappa shape index (κ3) is 11.4. The van der Waals surface area contributed by atoms with Crippen molar-refractivity contribution in [1.29, 1.82) is 0 Å². The number of carbonyl (C=O) groups excluding carboxylic acids is 1. The lowest BCUT2D eigenvalue weighted by molar-refractivity contribution is -0.159. The summed E-state index contributed by atoms with van der Waals surface area (Å²) in [6.45, 7) is 8.62. The van der Waals surface area contributed by atoms with Crippen LogP contribution in [0.3, 0.4) is 0 Å². The third-order valence-electron chi connectivity index (χ3n) is 3.63. The molecule has 9 nitrogen and oxygen atoms in total. The van der Waals surface area contributed by atoms with Crippen molar-refractivity contribution in [2.45, 2.75) is 20.3 Å². The van der Waals surface area contributed by atoms with Gasteiger partial charge in [0.25, 0.3) is 0 Å². The van der Waals surface area contributed by atoms with Crippen LogP contribution in [0.4, 0.5) is 5.69 Å². The maximum absolute atomic E-state index is 11.8. The molecule has 0 heterocycles. The second-order valence-corrected chi connectivity index (χ2v) is 5.97. The van der Waals surface area contributed by atoms with Crippen LogP contribution in [0.15, 0.2) is 18.2 Å². The molecule has 0 aliphatic rings. The van der Waals surface area contributed by atoms with Crippen molar-refractivity contribution in [3.8, 4) is 5.75 Å². The highest BCUT2D eigenvalue weighted by atomic mass is 35.5. The first-order chi connectivity index (χ1) is 13.2. The van der Waals surface area contributed by atoms with Gasteiger partial charge in [0.15, 0.2) is 0 Å². The Morgan fingerprint density at radius 3 is 2.21 bits per heavy atom. The molecule has 28 heavy (non-hydrogen) atoms. The Morgan fingerprint density at radius 2 is 1.75 bits per heavy atom. The minimum absolute atomic E-state index is 0.0796. The summed E-state index contributed by atoms with van der Waals surface area (Å²) in [7, 11) is 1.56. The number of aliphatic carboxylic acids is 2. The molecule has 158 valence electrons. The van der Waals surface area contributed by atoms with Crippen LogP contribution in [0.2, 0.25) is 5.02 Å². The molecule has 0 spiro atoms. The summed E-state index contributed by atoms with van der Waals surface area (Å²) in [4.78, 5) is 32.4. The van der Waals surface area contributed by atoms with Gasteiger partial charge in [0, 0.05) is 5.69 Å². The topological polar surface area (TPSA) is 128 Å².